The Labute approximate surface area is 188 Å². The van der Waals surface area contributed by atoms with Crippen LogP contribution in [-0.4, -0.2) is 29.4 Å². The molecule has 0 radical (unpaired) electrons. The normalized spacial score (nSPS) is 11.7. The second-order valence-corrected chi connectivity index (χ2v) is 10.6. The molecule has 3 aromatic carbocycles. The number of sulfone groups is 1. The fourth-order valence-electron chi connectivity index (χ4n) is 2.81. The molecule has 3 aromatic rings. The van der Waals surface area contributed by atoms with Crippen molar-refractivity contribution in [2.45, 2.75) is 34.5 Å². The van der Waals surface area contributed by atoms with Gasteiger partial charge in [-0.1, -0.05) is 31.5 Å². The van der Waals surface area contributed by atoms with Crippen LogP contribution in [0, 0.1) is 0 Å². The maximum Gasteiger partial charge on any atom is 0.338 e. The van der Waals surface area contributed by atoms with Gasteiger partial charge in [-0.2, -0.15) is 0 Å². The van der Waals surface area contributed by atoms with Crippen molar-refractivity contribution in [3.63, 3.8) is 0 Å². The van der Waals surface area contributed by atoms with Crippen molar-refractivity contribution >= 4 is 31.5 Å². The van der Waals surface area contributed by atoms with Crippen molar-refractivity contribution in [1.29, 1.82) is 0 Å². The summed E-state index contributed by atoms with van der Waals surface area (Å²) in [5.41, 5.74) is 0.503. The van der Waals surface area contributed by atoms with Gasteiger partial charge in [-0.25, -0.2) is 21.6 Å². The second kappa shape index (κ2) is 9.97. The summed E-state index contributed by atoms with van der Waals surface area (Å²) in [4.78, 5) is 12.1. The molecule has 32 heavy (non-hydrogen) atoms. The second-order valence-electron chi connectivity index (χ2n) is 6.96. The van der Waals surface area contributed by atoms with Gasteiger partial charge in [0.25, 0.3) is 10.0 Å². The topological polar surface area (TPSA) is 107 Å². The number of ether oxygens (including phenoxy) is 1. The maximum absolute atomic E-state index is 12.9. The van der Waals surface area contributed by atoms with Crippen LogP contribution in [-0.2, 0) is 24.6 Å². The fourth-order valence-corrected chi connectivity index (χ4v) is 5.16. The van der Waals surface area contributed by atoms with E-state index in [0.717, 1.165) is 12.8 Å². The zero-order chi connectivity index (χ0) is 23.2. The highest BCUT2D eigenvalue weighted by Gasteiger charge is 2.19. The number of esters is 1. The van der Waals surface area contributed by atoms with Crippen molar-refractivity contribution in [1.82, 2.24) is 0 Å². The van der Waals surface area contributed by atoms with Crippen LogP contribution in [0.3, 0.4) is 0 Å². The molecule has 1 N–H and O–H groups in total. The van der Waals surface area contributed by atoms with Gasteiger partial charge in [0.05, 0.1) is 26.9 Å². The molecule has 0 saturated heterocycles. The molecule has 7 nitrogen and oxygen atoms in total. The van der Waals surface area contributed by atoms with E-state index in [9.17, 15) is 21.6 Å². The summed E-state index contributed by atoms with van der Waals surface area (Å²) < 4.78 is 58.1. The molecule has 0 atom stereocenters. The van der Waals surface area contributed by atoms with E-state index in [1.165, 1.54) is 60.7 Å². The van der Waals surface area contributed by atoms with Gasteiger partial charge in [0.2, 0.25) is 9.84 Å². The van der Waals surface area contributed by atoms with E-state index in [-0.39, 0.29) is 25.9 Å². The number of benzene rings is 3. The Balaban J connectivity index is 1.74. The SMILES string of the molecule is CCCCOC(=O)c1ccc(S(=O)(=O)c2ccc(NS(=O)(=O)c3ccccc3)cc2)cc1. The molecule has 3 rings (SSSR count). The summed E-state index contributed by atoms with van der Waals surface area (Å²) in [6, 6.07) is 18.8. The van der Waals surface area contributed by atoms with E-state index >= 15 is 0 Å². The Morgan fingerprint density at radius 3 is 1.91 bits per heavy atom. The molecular formula is C23H23NO6S2. The Bertz CT molecular complexity index is 1270. The van der Waals surface area contributed by atoms with Crippen LogP contribution >= 0.6 is 0 Å². The van der Waals surface area contributed by atoms with E-state index in [1.54, 1.807) is 18.2 Å². The molecule has 0 amide bonds. The fraction of sp³-hybridized carbons (Fsp3) is 0.174. The highest BCUT2D eigenvalue weighted by atomic mass is 32.2. The van der Waals surface area contributed by atoms with Crippen LogP contribution in [0.25, 0.3) is 0 Å². The number of hydrogen-bond acceptors (Lipinski definition) is 6. The van der Waals surface area contributed by atoms with E-state index in [1.807, 2.05) is 6.92 Å². The van der Waals surface area contributed by atoms with Gasteiger partial charge < -0.3 is 4.74 Å². The van der Waals surface area contributed by atoms with Crippen LogP contribution in [0.1, 0.15) is 30.1 Å². The highest BCUT2D eigenvalue weighted by molar-refractivity contribution is 7.92. The summed E-state index contributed by atoms with van der Waals surface area (Å²) in [5, 5.41) is 0. The van der Waals surface area contributed by atoms with Crippen LogP contribution < -0.4 is 4.72 Å². The van der Waals surface area contributed by atoms with Gasteiger partial charge in [-0.3, -0.25) is 4.72 Å². The first kappa shape index (κ1) is 23.5. The first-order valence-corrected chi connectivity index (χ1v) is 12.9. The van der Waals surface area contributed by atoms with Crippen molar-refractivity contribution in [2.75, 3.05) is 11.3 Å². The number of anilines is 1. The first-order chi connectivity index (χ1) is 15.2. The molecule has 0 spiro atoms. The van der Waals surface area contributed by atoms with Crippen LogP contribution in [0.5, 0.6) is 0 Å². The average Bonchev–Trinajstić information content (AvgIpc) is 2.80. The molecular weight excluding hydrogens is 450 g/mol. The summed E-state index contributed by atoms with van der Waals surface area (Å²) in [6.45, 7) is 2.30. The van der Waals surface area contributed by atoms with E-state index in [4.69, 9.17) is 4.74 Å². The van der Waals surface area contributed by atoms with Crippen LogP contribution in [0.2, 0.25) is 0 Å². The third-order valence-corrected chi connectivity index (χ3v) is 7.78. The lowest BCUT2D eigenvalue weighted by molar-refractivity contribution is 0.0499. The van der Waals surface area contributed by atoms with E-state index in [2.05, 4.69) is 4.72 Å². The van der Waals surface area contributed by atoms with Crippen LogP contribution in [0.15, 0.2) is 93.5 Å². The minimum Gasteiger partial charge on any atom is -0.462 e. The Kier molecular flexibility index (Phi) is 7.32. The molecule has 0 saturated carbocycles. The standard InChI is InChI=1S/C23H23NO6S2/c1-2-3-17-30-23(25)18-9-13-20(14-10-18)31(26,27)21-15-11-19(12-16-21)24-32(28,29)22-7-5-4-6-8-22/h4-16,24H,2-3,17H2,1H3. The van der Waals surface area contributed by atoms with E-state index in [0.29, 0.717) is 6.61 Å². The van der Waals surface area contributed by atoms with Crippen molar-refractivity contribution in [3.05, 3.63) is 84.4 Å². The molecule has 0 bridgehead atoms. The van der Waals surface area contributed by atoms with Gasteiger partial charge in [0.15, 0.2) is 0 Å². The quantitative estimate of drug-likeness (QED) is 0.367. The van der Waals surface area contributed by atoms with Gasteiger partial charge in [-0.05, 0) is 67.1 Å². The first-order valence-electron chi connectivity index (χ1n) is 9.94. The largest absolute Gasteiger partial charge is 0.462 e. The number of nitrogens with one attached hydrogen (secondary N) is 1. The number of sulfonamides is 1. The van der Waals surface area contributed by atoms with Gasteiger partial charge in [-0.15, -0.1) is 0 Å². The smallest absolute Gasteiger partial charge is 0.338 e. The van der Waals surface area contributed by atoms with Crippen molar-refractivity contribution in [3.8, 4) is 0 Å². The molecule has 0 aromatic heterocycles. The number of rotatable bonds is 9. The molecule has 0 aliphatic heterocycles. The maximum atomic E-state index is 12.9. The molecule has 0 unspecified atom stereocenters. The van der Waals surface area contributed by atoms with Gasteiger partial charge >= 0.3 is 5.97 Å². The minimum atomic E-state index is -3.84. The summed E-state index contributed by atoms with van der Waals surface area (Å²) in [6.07, 6.45) is 1.66. The third-order valence-electron chi connectivity index (χ3n) is 4.60. The van der Waals surface area contributed by atoms with E-state index < -0.39 is 25.8 Å². The molecule has 0 heterocycles. The van der Waals surface area contributed by atoms with Crippen molar-refractivity contribution in [2.24, 2.45) is 0 Å². The minimum absolute atomic E-state index is 0.00145. The lowest BCUT2D eigenvalue weighted by Crippen LogP contribution is -2.13. The van der Waals surface area contributed by atoms with Gasteiger partial charge in [0.1, 0.15) is 0 Å². The summed E-state index contributed by atoms with van der Waals surface area (Å²) >= 11 is 0. The number of carbonyl (C=O) groups excluding carboxylic acids is 1. The zero-order valence-electron chi connectivity index (χ0n) is 17.4. The lowest BCUT2D eigenvalue weighted by Gasteiger charge is -2.10. The predicted molar refractivity (Wildman–Crippen MR) is 121 cm³/mol. The van der Waals surface area contributed by atoms with Crippen molar-refractivity contribution < 1.29 is 26.4 Å². The average molecular weight is 474 g/mol. The highest BCUT2D eigenvalue weighted by Crippen LogP contribution is 2.24. The molecule has 168 valence electrons. The number of unbranched alkanes of at least 4 members (excludes halogenated alkanes) is 1. The lowest BCUT2D eigenvalue weighted by atomic mass is 10.2. The molecule has 9 heteroatoms. The Morgan fingerprint density at radius 2 is 1.34 bits per heavy atom. The molecule has 0 aliphatic rings. The monoisotopic (exact) mass is 473 g/mol. The molecule has 0 fully saturated rings. The third kappa shape index (κ3) is 5.54. The number of carbonyl (C=O) groups is 1. The number of hydrogen-bond donors (Lipinski definition) is 1. The predicted octanol–water partition coefficient (Wildman–Crippen LogP) is 4.28. The summed E-state index contributed by atoms with van der Waals surface area (Å²) in [5.74, 6) is -0.502. The molecule has 0 aliphatic carbocycles. The van der Waals surface area contributed by atoms with Crippen LogP contribution in [0.4, 0.5) is 5.69 Å². The Morgan fingerprint density at radius 1 is 0.781 bits per heavy atom. The summed E-state index contributed by atoms with van der Waals surface area (Å²) in [7, 11) is -7.62. The zero-order valence-corrected chi connectivity index (χ0v) is 19.0. The van der Waals surface area contributed by atoms with Gasteiger partial charge in [0, 0.05) is 5.69 Å². The Hall–Kier alpha value is -3.17.